The van der Waals surface area contributed by atoms with Gasteiger partial charge in [-0.05, 0) is 53.7 Å². The number of nitrogens with one attached hydrogen (secondary N) is 2. The molecule has 0 spiro atoms. The van der Waals surface area contributed by atoms with Crippen LogP contribution in [0, 0.1) is 6.92 Å². The van der Waals surface area contributed by atoms with E-state index in [9.17, 15) is 19.6 Å². The summed E-state index contributed by atoms with van der Waals surface area (Å²) in [6.45, 7) is 4.03. The van der Waals surface area contributed by atoms with Crippen LogP contribution in [0.2, 0.25) is 0 Å². The maximum absolute atomic E-state index is 12.2. The van der Waals surface area contributed by atoms with Crippen molar-refractivity contribution in [1.82, 2.24) is 5.32 Å². The average Bonchev–Trinajstić information content (AvgIpc) is 2.84. The van der Waals surface area contributed by atoms with Gasteiger partial charge in [-0.2, -0.15) is 0 Å². The number of rotatable bonds is 9. The monoisotopic (exact) mass is 476 g/mol. The highest BCUT2D eigenvalue weighted by Crippen LogP contribution is 2.18. The molecule has 0 heterocycles. The zero-order chi connectivity index (χ0) is 25.2. The van der Waals surface area contributed by atoms with Gasteiger partial charge in [-0.3, -0.25) is 5.32 Å². The van der Waals surface area contributed by atoms with Crippen LogP contribution in [-0.2, 0) is 22.5 Å². The number of hydrogen-bond acceptors (Lipinski definition) is 6. The Hall–Kier alpha value is -3.82. The van der Waals surface area contributed by atoms with Crippen LogP contribution in [0.1, 0.15) is 35.2 Å². The number of alkyl carbamates (subject to hydrolysis) is 1. The Labute approximate surface area is 205 Å². The lowest BCUT2D eigenvalue weighted by Crippen LogP contribution is -2.30. The normalized spacial score (nSPS) is 11.3. The molecule has 8 nitrogen and oxygen atoms in total. The molecule has 9 heteroatoms. The summed E-state index contributed by atoms with van der Waals surface area (Å²) in [5.74, 6) is 0. The topological polar surface area (TPSA) is 117 Å². The second kappa shape index (κ2) is 12.6. The largest absolute Gasteiger partial charge is 0.488 e. The van der Waals surface area contributed by atoms with Crippen LogP contribution in [0.15, 0.2) is 72.8 Å². The molecular weight excluding hydrogens is 447 g/mol. The molecule has 0 radical (unpaired) electrons. The van der Waals surface area contributed by atoms with Gasteiger partial charge in [0.25, 0.3) is 0 Å². The Kier molecular flexibility index (Phi) is 9.28. The van der Waals surface area contributed by atoms with Crippen molar-refractivity contribution in [2.45, 2.75) is 32.9 Å². The second-order valence-electron chi connectivity index (χ2n) is 8.12. The molecule has 2 amide bonds. The van der Waals surface area contributed by atoms with Gasteiger partial charge in [-0.15, -0.1) is 0 Å². The number of carbonyl (C=O) groups excluding carboxylic acids is 2. The van der Waals surface area contributed by atoms with Crippen molar-refractivity contribution in [1.29, 1.82) is 0 Å². The summed E-state index contributed by atoms with van der Waals surface area (Å²) in [4.78, 5) is 24.3. The lowest BCUT2D eigenvalue weighted by atomic mass is 9.79. The Morgan fingerprint density at radius 2 is 1.71 bits per heavy atom. The third kappa shape index (κ3) is 8.17. The predicted molar refractivity (Wildman–Crippen MR) is 134 cm³/mol. The summed E-state index contributed by atoms with van der Waals surface area (Å²) in [5, 5.41) is 24.0. The van der Waals surface area contributed by atoms with Crippen molar-refractivity contribution in [3.8, 4) is 0 Å². The van der Waals surface area contributed by atoms with Crippen LogP contribution in [0.4, 0.5) is 15.3 Å². The van der Waals surface area contributed by atoms with Crippen LogP contribution in [0.5, 0.6) is 0 Å². The van der Waals surface area contributed by atoms with Crippen molar-refractivity contribution in [3.05, 3.63) is 95.1 Å². The van der Waals surface area contributed by atoms with E-state index in [-0.39, 0.29) is 19.3 Å². The third-order valence-electron chi connectivity index (χ3n) is 5.45. The molecule has 0 unspecified atom stereocenters. The first-order valence-corrected chi connectivity index (χ1v) is 11.3. The van der Waals surface area contributed by atoms with Crippen molar-refractivity contribution in [2.24, 2.45) is 0 Å². The van der Waals surface area contributed by atoms with E-state index in [1.807, 2.05) is 50.2 Å². The smallest absolute Gasteiger partial charge is 0.449 e. The maximum Gasteiger partial charge on any atom is 0.488 e. The van der Waals surface area contributed by atoms with Crippen molar-refractivity contribution in [3.63, 3.8) is 0 Å². The van der Waals surface area contributed by atoms with E-state index < -0.39 is 19.3 Å². The number of hydrogen-bond donors (Lipinski definition) is 4. The van der Waals surface area contributed by atoms with E-state index >= 15 is 0 Å². The first-order valence-electron chi connectivity index (χ1n) is 11.3. The molecule has 1 atom stereocenters. The number of ether oxygens (including phenoxy) is 2. The molecule has 0 aliphatic carbocycles. The predicted octanol–water partition coefficient (Wildman–Crippen LogP) is 3.45. The van der Waals surface area contributed by atoms with Gasteiger partial charge >= 0.3 is 19.3 Å². The van der Waals surface area contributed by atoms with Gasteiger partial charge in [0.15, 0.2) is 0 Å². The Bertz CT molecular complexity index is 1140. The summed E-state index contributed by atoms with van der Waals surface area (Å²) in [7, 11) is -1.52. The second-order valence-corrected chi connectivity index (χ2v) is 8.12. The van der Waals surface area contributed by atoms with Crippen LogP contribution < -0.4 is 16.1 Å². The fourth-order valence-corrected chi connectivity index (χ4v) is 3.48. The van der Waals surface area contributed by atoms with E-state index in [4.69, 9.17) is 9.47 Å². The van der Waals surface area contributed by atoms with Gasteiger partial charge in [0, 0.05) is 12.1 Å². The number of carbonyl (C=O) groups is 2. The van der Waals surface area contributed by atoms with E-state index in [2.05, 4.69) is 10.6 Å². The Morgan fingerprint density at radius 1 is 0.943 bits per heavy atom. The molecule has 4 N–H and O–H groups in total. The molecule has 0 aliphatic rings. The third-order valence-corrected chi connectivity index (χ3v) is 5.45. The lowest BCUT2D eigenvalue weighted by Gasteiger charge is -2.16. The molecule has 0 saturated heterocycles. The molecule has 0 aliphatic heterocycles. The minimum Gasteiger partial charge on any atom is -0.449 e. The van der Waals surface area contributed by atoms with Crippen molar-refractivity contribution < 1.29 is 29.1 Å². The SMILES string of the molecule is Cc1cc(B(O)O)ccc1CCOC(=O)Nc1cccc([C@H](C)NC(=O)OCc2ccccc2)c1. The van der Waals surface area contributed by atoms with Gasteiger partial charge in [-0.1, -0.05) is 60.7 Å². The van der Waals surface area contributed by atoms with Crippen LogP contribution in [0.25, 0.3) is 0 Å². The molecule has 3 aromatic carbocycles. The molecular formula is C26H29BN2O6. The first-order chi connectivity index (χ1) is 16.8. The van der Waals surface area contributed by atoms with Crippen LogP contribution in [-0.4, -0.2) is 36.0 Å². The van der Waals surface area contributed by atoms with Crippen molar-refractivity contribution in [2.75, 3.05) is 11.9 Å². The maximum atomic E-state index is 12.2. The quantitative estimate of drug-likeness (QED) is 0.352. The fourth-order valence-electron chi connectivity index (χ4n) is 3.48. The minimum absolute atomic E-state index is 0.165. The molecule has 0 fully saturated rings. The number of anilines is 1. The van der Waals surface area contributed by atoms with Crippen molar-refractivity contribution >= 4 is 30.5 Å². The molecule has 0 saturated carbocycles. The number of aryl methyl sites for hydroxylation is 1. The highest BCUT2D eigenvalue weighted by Gasteiger charge is 2.14. The molecule has 0 bridgehead atoms. The van der Waals surface area contributed by atoms with E-state index in [1.165, 1.54) is 0 Å². The first kappa shape index (κ1) is 25.8. The number of benzene rings is 3. The van der Waals surface area contributed by atoms with Crippen LogP contribution in [0.3, 0.4) is 0 Å². The summed E-state index contributed by atoms with van der Waals surface area (Å²) in [6, 6.07) is 21.3. The fraction of sp³-hybridized carbons (Fsp3) is 0.231. The van der Waals surface area contributed by atoms with Gasteiger partial charge in [-0.25, -0.2) is 9.59 Å². The molecule has 182 valence electrons. The van der Waals surface area contributed by atoms with Gasteiger partial charge in [0.1, 0.15) is 6.61 Å². The number of amides is 2. The Balaban J connectivity index is 1.45. The van der Waals surface area contributed by atoms with E-state index in [0.717, 1.165) is 22.3 Å². The van der Waals surface area contributed by atoms with Gasteiger partial charge < -0.3 is 24.8 Å². The van der Waals surface area contributed by atoms with Gasteiger partial charge in [0.2, 0.25) is 0 Å². The minimum atomic E-state index is -1.52. The standard InChI is InChI=1S/C26H29BN2O6/c1-18-15-23(27(32)33)12-11-21(18)13-14-34-26(31)29-24-10-6-9-22(16-24)19(2)28-25(30)35-17-20-7-4-3-5-8-20/h3-12,15-16,19,32-33H,13-14,17H2,1-2H3,(H,28,30)(H,29,31)/t19-/m0/s1. The van der Waals surface area contributed by atoms with Crippen LogP contribution >= 0.6 is 0 Å². The Morgan fingerprint density at radius 3 is 2.43 bits per heavy atom. The zero-order valence-electron chi connectivity index (χ0n) is 19.7. The molecule has 35 heavy (non-hydrogen) atoms. The average molecular weight is 476 g/mol. The summed E-state index contributed by atoms with van der Waals surface area (Å²) >= 11 is 0. The zero-order valence-corrected chi connectivity index (χ0v) is 19.7. The highest BCUT2D eigenvalue weighted by atomic mass is 16.6. The molecule has 3 aromatic rings. The van der Waals surface area contributed by atoms with E-state index in [1.54, 1.807) is 36.4 Å². The summed E-state index contributed by atoms with van der Waals surface area (Å²) in [5.41, 5.74) is 4.48. The molecule has 0 aromatic heterocycles. The highest BCUT2D eigenvalue weighted by molar-refractivity contribution is 6.58. The van der Waals surface area contributed by atoms with Gasteiger partial charge in [0.05, 0.1) is 12.6 Å². The van der Waals surface area contributed by atoms with E-state index in [0.29, 0.717) is 17.6 Å². The summed E-state index contributed by atoms with van der Waals surface area (Å²) < 4.78 is 10.5. The summed E-state index contributed by atoms with van der Waals surface area (Å²) in [6.07, 6.45) is -0.631. The molecule has 3 rings (SSSR count). The lowest BCUT2D eigenvalue weighted by molar-refractivity contribution is 0.136.